The number of benzene rings is 1. The highest BCUT2D eigenvalue weighted by Gasteiger charge is 2.39. The molecule has 0 aliphatic heterocycles. The van der Waals surface area contributed by atoms with Gasteiger partial charge in [0.1, 0.15) is 28.7 Å². The number of halogens is 3. The predicted molar refractivity (Wildman–Crippen MR) is 139 cm³/mol. The molecule has 5 rings (SSSR count). The second-order valence-electron chi connectivity index (χ2n) is 10.0. The number of aromatic nitrogens is 4. The summed E-state index contributed by atoms with van der Waals surface area (Å²) < 4.78 is 40.8. The Morgan fingerprint density at radius 1 is 1.13 bits per heavy atom. The lowest BCUT2D eigenvalue weighted by Gasteiger charge is -2.35. The Morgan fingerprint density at radius 2 is 1.87 bits per heavy atom. The van der Waals surface area contributed by atoms with Crippen LogP contribution in [0.1, 0.15) is 60.3 Å². The minimum atomic E-state index is -4.55. The predicted octanol–water partition coefficient (Wildman–Crippen LogP) is 4.79. The van der Waals surface area contributed by atoms with Gasteiger partial charge in [-0.1, -0.05) is 25.5 Å². The number of pyridine rings is 1. The van der Waals surface area contributed by atoms with Crippen molar-refractivity contribution >= 4 is 29.0 Å². The lowest BCUT2D eigenvalue weighted by atomic mass is 9.70. The fourth-order valence-electron chi connectivity index (χ4n) is 5.15. The fourth-order valence-corrected chi connectivity index (χ4v) is 5.15. The number of hydrogen-bond donors (Lipinski definition) is 3. The largest absolute Gasteiger partial charge is 0.416 e. The van der Waals surface area contributed by atoms with Crippen molar-refractivity contribution < 1.29 is 22.8 Å². The standard InChI is InChI=1S/C27H26F3N7O2/c1-26(25(32)39)9-2-3-17(14-26)23-36-20(21-22(31)34-11-12-37(21)23)15-4-6-16(7-5-15)24(38)35-19-13-18(8-10-33-19)27(28,29)30/h4-8,10-13,17H,2-3,9,14H2,1H3,(H2,31,34)(H2,32,39)(H,33,35,38)/t17-,26+/m1/s1. The second-order valence-corrected chi connectivity index (χ2v) is 10.0. The Balaban J connectivity index is 1.45. The van der Waals surface area contributed by atoms with E-state index in [0.29, 0.717) is 23.2 Å². The van der Waals surface area contributed by atoms with E-state index in [0.717, 1.165) is 43.4 Å². The monoisotopic (exact) mass is 537 g/mol. The van der Waals surface area contributed by atoms with E-state index < -0.39 is 23.1 Å². The molecule has 0 bridgehead atoms. The molecule has 5 N–H and O–H groups in total. The van der Waals surface area contributed by atoms with Gasteiger partial charge in [0.25, 0.3) is 5.91 Å². The van der Waals surface area contributed by atoms with Crippen molar-refractivity contribution in [2.75, 3.05) is 11.1 Å². The van der Waals surface area contributed by atoms with Crippen molar-refractivity contribution in [1.82, 2.24) is 19.4 Å². The summed E-state index contributed by atoms with van der Waals surface area (Å²) in [6.45, 7) is 1.88. The molecule has 3 heterocycles. The highest BCUT2D eigenvalue weighted by molar-refractivity contribution is 6.04. The first-order valence-corrected chi connectivity index (χ1v) is 12.3. The van der Waals surface area contributed by atoms with Gasteiger partial charge in [-0.25, -0.2) is 15.0 Å². The molecule has 0 radical (unpaired) electrons. The van der Waals surface area contributed by atoms with Crippen LogP contribution in [0.15, 0.2) is 55.0 Å². The number of amides is 2. The topological polar surface area (TPSA) is 141 Å². The number of imidazole rings is 1. The van der Waals surface area contributed by atoms with Crippen molar-refractivity contribution in [3.8, 4) is 11.3 Å². The first-order chi connectivity index (χ1) is 18.5. The summed E-state index contributed by atoms with van der Waals surface area (Å²) in [6, 6.07) is 8.05. The number of rotatable bonds is 5. The zero-order chi connectivity index (χ0) is 27.9. The van der Waals surface area contributed by atoms with Crippen LogP contribution in [0, 0.1) is 5.41 Å². The first kappa shape index (κ1) is 26.1. The Morgan fingerprint density at radius 3 is 2.56 bits per heavy atom. The van der Waals surface area contributed by atoms with Gasteiger partial charge in [-0.3, -0.25) is 14.0 Å². The SMILES string of the molecule is C[C@]1(C(N)=O)CCC[C@@H](c2nc(-c3ccc(C(=O)Nc4cc(C(F)(F)F)ccn4)cc3)c3c(N)nccn23)C1. The van der Waals surface area contributed by atoms with Crippen molar-refractivity contribution in [3.63, 3.8) is 0 Å². The molecule has 1 fully saturated rings. The number of nitrogens with zero attached hydrogens (tertiary/aromatic N) is 4. The van der Waals surface area contributed by atoms with Gasteiger partial charge >= 0.3 is 6.18 Å². The van der Waals surface area contributed by atoms with E-state index in [-0.39, 0.29) is 29.0 Å². The van der Waals surface area contributed by atoms with Gasteiger partial charge in [0.15, 0.2) is 0 Å². The van der Waals surface area contributed by atoms with Gasteiger partial charge in [-0.15, -0.1) is 0 Å². The number of anilines is 2. The molecule has 39 heavy (non-hydrogen) atoms. The molecular formula is C27H26F3N7O2. The summed E-state index contributed by atoms with van der Waals surface area (Å²) in [7, 11) is 0. The van der Waals surface area contributed by atoms with Crippen LogP contribution >= 0.6 is 0 Å². The van der Waals surface area contributed by atoms with Gasteiger partial charge in [0.2, 0.25) is 5.91 Å². The molecule has 1 aromatic carbocycles. The number of nitrogen functional groups attached to an aromatic ring is 1. The molecule has 0 saturated heterocycles. The Hall–Kier alpha value is -4.48. The number of carbonyl (C=O) groups excluding carboxylic acids is 2. The Kier molecular flexibility index (Phi) is 6.49. The summed E-state index contributed by atoms with van der Waals surface area (Å²) >= 11 is 0. The maximum absolute atomic E-state index is 13.0. The molecule has 9 nitrogen and oxygen atoms in total. The van der Waals surface area contributed by atoms with Crippen molar-refractivity contribution in [3.05, 3.63) is 71.9 Å². The van der Waals surface area contributed by atoms with Crippen LogP contribution in [-0.2, 0) is 11.0 Å². The number of nitrogens with one attached hydrogen (secondary N) is 1. The summed E-state index contributed by atoms with van der Waals surface area (Å²) in [5.74, 6) is -0.153. The molecule has 1 aliphatic rings. The molecule has 1 aliphatic carbocycles. The maximum atomic E-state index is 13.0. The molecule has 12 heteroatoms. The van der Waals surface area contributed by atoms with Crippen LogP contribution in [0.5, 0.6) is 0 Å². The third-order valence-electron chi connectivity index (χ3n) is 7.30. The zero-order valence-electron chi connectivity index (χ0n) is 21.0. The minimum absolute atomic E-state index is 0.0238. The zero-order valence-corrected chi connectivity index (χ0v) is 21.0. The Bertz CT molecular complexity index is 1570. The number of hydrogen-bond acceptors (Lipinski definition) is 6. The van der Waals surface area contributed by atoms with Crippen LogP contribution in [0.3, 0.4) is 0 Å². The van der Waals surface area contributed by atoms with Crippen molar-refractivity contribution in [1.29, 1.82) is 0 Å². The Labute approximate surface area is 221 Å². The van der Waals surface area contributed by atoms with Crippen LogP contribution in [0.25, 0.3) is 16.8 Å². The van der Waals surface area contributed by atoms with Crippen molar-refractivity contribution in [2.45, 2.75) is 44.7 Å². The average molecular weight is 538 g/mol. The van der Waals surface area contributed by atoms with Gasteiger partial charge < -0.3 is 16.8 Å². The van der Waals surface area contributed by atoms with Crippen LogP contribution in [0.2, 0.25) is 0 Å². The van der Waals surface area contributed by atoms with Gasteiger partial charge in [-0.2, -0.15) is 13.2 Å². The van der Waals surface area contributed by atoms with E-state index in [2.05, 4.69) is 15.3 Å². The molecule has 0 spiro atoms. The highest BCUT2D eigenvalue weighted by atomic mass is 19.4. The third-order valence-corrected chi connectivity index (χ3v) is 7.30. The number of fused-ring (bicyclic) bond motifs is 1. The lowest BCUT2D eigenvalue weighted by Crippen LogP contribution is -2.38. The van der Waals surface area contributed by atoms with E-state index in [1.807, 2.05) is 11.3 Å². The molecule has 3 aromatic heterocycles. The van der Waals surface area contributed by atoms with Crippen LogP contribution < -0.4 is 16.8 Å². The highest BCUT2D eigenvalue weighted by Crippen LogP contribution is 2.44. The molecule has 4 aromatic rings. The maximum Gasteiger partial charge on any atom is 0.416 e. The van der Waals surface area contributed by atoms with E-state index in [1.54, 1.807) is 36.7 Å². The van der Waals surface area contributed by atoms with E-state index in [1.165, 1.54) is 0 Å². The van der Waals surface area contributed by atoms with E-state index in [4.69, 9.17) is 16.5 Å². The lowest BCUT2D eigenvalue weighted by molar-refractivity contribution is -0.137. The van der Waals surface area contributed by atoms with E-state index >= 15 is 0 Å². The molecule has 1 saturated carbocycles. The van der Waals surface area contributed by atoms with Crippen LogP contribution in [-0.4, -0.2) is 31.2 Å². The minimum Gasteiger partial charge on any atom is -0.382 e. The smallest absolute Gasteiger partial charge is 0.382 e. The molecule has 2 atom stereocenters. The normalized spacial score (nSPS) is 19.6. The molecule has 2 amide bonds. The average Bonchev–Trinajstić information content (AvgIpc) is 3.29. The quantitative estimate of drug-likeness (QED) is 0.334. The number of alkyl halides is 3. The summed E-state index contributed by atoms with van der Waals surface area (Å²) in [5.41, 5.74) is 12.5. The second kappa shape index (κ2) is 9.68. The van der Waals surface area contributed by atoms with Crippen LogP contribution in [0.4, 0.5) is 24.8 Å². The van der Waals surface area contributed by atoms with E-state index in [9.17, 15) is 22.8 Å². The number of carbonyl (C=O) groups is 2. The summed E-state index contributed by atoms with van der Waals surface area (Å²) in [4.78, 5) is 37.8. The molecular weight excluding hydrogens is 511 g/mol. The number of nitrogens with two attached hydrogens (primary N) is 2. The first-order valence-electron chi connectivity index (χ1n) is 12.3. The van der Waals surface area contributed by atoms with Gasteiger partial charge in [0, 0.05) is 41.1 Å². The molecule has 0 unspecified atom stereocenters. The summed E-state index contributed by atoms with van der Waals surface area (Å²) in [6.07, 6.45) is 2.75. The molecule has 202 valence electrons. The number of primary amides is 1. The fraction of sp³-hybridized carbons (Fsp3) is 0.296. The third kappa shape index (κ3) is 5.01. The van der Waals surface area contributed by atoms with Crippen molar-refractivity contribution in [2.24, 2.45) is 11.1 Å². The van der Waals surface area contributed by atoms with Gasteiger partial charge in [-0.05, 0) is 43.5 Å². The summed E-state index contributed by atoms with van der Waals surface area (Å²) in [5, 5.41) is 2.40. The van der Waals surface area contributed by atoms with Gasteiger partial charge in [0.05, 0.1) is 5.56 Å².